The topological polar surface area (TPSA) is 49.8 Å². The molecule has 0 unspecified atom stereocenters. The second-order valence-electron chi connectivity index (χ2n) is 3.94. The molecule has 1 aromatic rings. The van der Waals surface area contributed by atoms with Gasteiger partial charge in [0.15, 0.2) is 0 Å². The van der Waals surface area contributed by atoms with E-state index >= 15 is 0 Å². The molecule has 0 aliphatic carbocycles. The molecule has 1 N–H and O–H groups in total. The Kier molecular flexibility index (Phi) is 3.94. The molecular formula is C13H14FNO3. The van der Waals surface area contributed by atoms with Crippen molar-refractivity contribution in [3.8, 4) is 0 Å². The number of carboxylic acid groups (broad SMARTS) is 1. The van der Waals surface area contributed by atoms with E-state index in [1.807, 2.05) is 4.90 Å². The molecule has 0 saturated carbocycles. The highest BCUT2D eigenvalue weighted by atomic mass is 19.1. The van der Waals surface area contributed by atoms with Crippen LogP contribution >= 0.6 is 0 Å². The summed E-state index contributed by atoms with van der Waals surface area (Å²) in [5, 5.41) is 8.62. The minimum absolute atomic E-state index is 0.307. The van der Waals surface area contributed by atoms with E-state index in [4.69, 9.17) is 9.84 Å². The lowest BCUT2D eigenvalue weighted by Crippen LogP contribution is -2.36. The minimum Gasteiger partial charge on any atom is -0.478 e. The van der Waals surface area contributed by atoms with Gasteiger partial charge in [0, 0.05) is 30.4 Å². The number of aliphatic carboxylic acids is 1. The molecule has 0 atom stereocenters. The third-order valence-corrected chi connectivity index (χ3v) is 2.77. The van der Waals surface area contributed by atoms with Gasteiger partial charge in [-0.3, -0.25) is 0 Å². The molecular weight excluding hydrogens is 237 g/mol. The first kappa shape index (κ1) is 12.6. The van der Waals surface area contributed by atoms with Crippen LogP contribution in [0.4, 0.5) is 10.1 Å². The number of ether oxygens (including phenoxy) is 1. The molecule has 0 spiro atoms. The van der Waals surface area contributed by atoms with E-state index in [1.54, 1.807) is 12.1 Å². The van der Waals surface area contributed by atoms with Crippen molar-refractivity contribution in [3.05, 3.63) is 35.7 Å². The van der Waals surface area contributed by atoms with Crippen molar-refractivity contribution in [1.82, 2.24) is 0 Å². The summed E-state index contributed by atoms with van der Waals surface area (Å²) < 4.78 is 19.0. The van der Waals surface area contributed by atoms with Gasteiger partial charge >= 0.3 is 5.97 Å². The molecule has 1 heterocycles. The summed E-state index contributed by atoms with van der Waals surface area (Å²) in [5.41, 5.74) is 1.01. The molecule has 0 radical (unpaired) electrons. The zero-order valence-electron chi connectivity index (χ0n) is 9.80. The van der Waals surface area contributed by atoms with Crippen LogP contribution in [-0.4, -0.2) is 37.4 Å². The van der Waals surface area contributed by atoms with Crippen LogP contribution in [-0.2, 0) is 9.53 Å². The number of anilines is 1. The van der Waals surface area contributed by atoms with Crippen LogP contribution in [0.15, 0.2) is 24.3 Å². The first-order valence-electron chi connectivity index (χ1n) is 5.70. The van der Waals surface area contributed by atoms with Gasteiger partial charge in [0.05, 0.1) is 13.2 Å². The maximum atomic E-state index is 13.8. The van der Waals surface area contributed by atoms with Gasteiger partial charge in [-0.05, 0) is 18.2 Å². The largest absolute Gasteiger partial charge is 0.478 e. The molecule has 0 bridgehead atoms. The zero-order chi connectivity index (χ0) is 13.0. The van der Waals surface area contributed by atoms with E-state index in [9.17, 15) is 9.18 Å². The van der Waals surface area contributed by atoms with Crippen LogP contribution in [0.1, 0.15) is 5.56 Å². The standard InChI is InChI=1S/C13H14FNO3/c14-11-2-1-3-12(10(11)4-5-13(16)17)15-6-8-18-9-7-15/h1-5H,6-9H2,(H,16,17)/b5-4+. The summed E-state index contributed by atoms with van der Waals surface area (Å²) in [6.07, 6.45) is 2.24. The summed E-state index contributed by atoms with van der Waals surface area (Å²) in [5.74, 6) is -1.51. The maximum Gasteiger partial charge on any atom is 0.328 e. The number of morpholine rings is 1. The number of carbonyl (C=O) groups is 1. The van der Waals surface area contributed by atoms with Crippen molar-refractivity contribution in [1.29, 1.82) is 0 Å². The number of benzene rings is 1. The van der Waals surface area contributed by atoms with Crippen molar-refractivity contribution in [2.24, 2.45) is 0 Å². The lowest BCUT2D eigenvalue weighted by molar-refractivity contribution is -0.131. The highest BCUT2D eigenvalue weighted by Gasteiger charge is 2.15. The molecule has 1 aliphatic rings. The third-order valence-electron chi connectivity index (χ3n) is 2.77. The Bertz CT molecular complexity index is 467. The lowest BCUT2D eigenvalue weighted by atomic mass is 10.1. The predicted molar refractivity (Wildman–Crippen MR) is 66.1 cm³/mol. The molecule has 4 nitrogen and oxygen atoms in total. The van der Waals surface area contributed by atoms with Crippen LogP contribution in [0.25, 0.3) is 6.08 Å². The van der Waals surface area contributed by atoms with Crippen LogP contribution < -0.4 is 4.90 Å². The van der Waals surface area contributed by atoms with E-state index in [-0.39, 0.29) is 0 Å². The number of hydrogen-bond acceptors (Lipinski definition) is 3. The molecule has 1 aliphatic heterocycles. The molecule has 1 aromatic carbocycles. The quantitative estimate of drug-likeness (QED) is 0.832. The Balaban J connectivity index is 2.33. The second-order valence-corrected chi connectivity index (χ2v) is 3.94. The second kappa shape index (κ2) is 5.64. The average Bonchev–Trinajstić information content (AvgIpc) is 2.38. The molecule has 2 rings (SSSR count). The summed E-state index contributed by atoms with van der Waals surface area (Å²) in [6, 6.07) is 4.74. The third kappa shape index (κ3) is 2.87. The van der Waals surface area contributed by atoms with E-state index in [1.165, 1.54) is 12.1 Å². The number of nitrogens with zero attached hydrogens (tertiary/aromatic N) is 1. The van der Waals surface area contributed by atoms with Gasteiger partial charge in [-0.1, -0.05) is 6.07 Å². The van der Waals surface area contributed by atoms with Gasteiger partial charge in [0.1, 0.15) is 5.82 Å². The molecule has 1 saturated heterocycles. The van der Waals surface area contributed by atoms with E-state index in [0.717, 1.165) is 6.08 Å². The van der Waals surface area contributed by atoms with Crippen LogP contribution in [0.2, 0.25) is 0 Å². The maximum absolute atomic E-state index is 13.8. The first-order chi connectivity index (χ1) is 8.68. The Morgan fingerprint density at radius 2 is 2.11 bits per heavy atom. The van der Waals surface area contributed by atoms with E-state index in [0.29, 0.717) is 37.6 Å². The van der Waals surface area contributed by atoms with Crippen LogP contribution in [0, 0.1) is 5.82 Å². The summed E-state index contributed by atoms with van der Waals surface area (Å²) in [4.78, 5) is 12.5. The van der Waals surface area contributed by atoms with Gasteiger partial charge in [0.2, 0.25) is 0 Å². The molecule has 5 heteroatoms. The van der Waals surface area contributed by atoms with Crippen molar-refractivity contribution in [2.75, 3.05) is 31.2 Å². The number of carboxylic acids is 1. The fourth-order valence-corrected chi connectivity index (χ4v) is 1.93. The van der Waals surface area contributed by atoms with Crippen LogP contribution in [0.5, 0.6) is 0 Å². The molecule has 1 fully saturated rings. The smallest absolute Gasteiger partial charge is 0.328 e. The lowest BCUT2D eigenvalue weighted by Gasteiger charge is -2.30. The zero-order valence-corrected chi connectivity index (χ0v) is 9.80. The fourth-order valence-electron chi connectivity index (χ4n) is 1.93. The Hall–Kier alpha value is -1.88. The van der Waals surface area contributed by atoms with Gasteiger partial charge in [-0.2, -0.15) is 0 Å². The van der Waals surface area contributed by atoms with Gasteiger partial charge < -0.3 is 14.7 Å². The summed E-state index contributed by atoms with van der Waals surface area (Å²) in [6.45, 7) is 2.55. The van der Waals surface area contributed by atoms with Crippen molar-refractivity contribution < 1.29 is 19.0 Å². The Labute approximate surface area is 104 Å². The molecule has 0 amide bonds. The SMILES string of the molecule is O=C(O)/C=C/c1c(F)cccc1N1CCOCC1. The highest BCUT2D eigenvalue weighted by Crippen LogP contribution is 2.25. The van der Waals surface area contributed by atoms with Gasteiger partial charge in [0.25, 0.3) is 0 Å². The number of hydrogen-bond donors (Lipinski definition) is 1. The average molecular weight is 251 g/mol. The van der Waals surface area contributed by atoms with E-state index < -0.39 is 11.8 Å². The molecule has 96 valence electrons. The number of halogens is 1. The minimum atomic E-state index is -1.09. The molecule has 18 heavy (non-hydrogen) atoms. The van der Waals surface area contributed by atoms with Gasteiger partial charge in [-0.25, -0.2) is 9.18 Å². The van der Waals surface area contributed by atoms with Crippen LogP contribution in [0.3, 0.4) is 0 Å². The fraction of sp³-hybridized carbons (Fsp3) is 0.308. The highest BCUT2D eigenvalue weighted by molar-refractivity contribution is 5.87. The van der Waals surface area contributed by atoms with Crippen molar-refractivity contribution >= 4 is 17.7 Å². The first-order valence-corrected chi connectivity index (χ1v) is 5.70. The summed E-state index contributed by atoms with van der Waals surface area (Å²) in [7, 11) is 0. The number of rotatable bonds is 3. The van der Waals surface area contributed by atoms with Crippen molar-refractivity contribution in [2.45, 2.75) is 0 Å². The summed E-state index contributed by atoms with van der Waals surface area (Å²) >= 11 is 0. The Morgan fingerprint density at radius 1 is 1.39 bits per heavy atom. The Morgan fingerprint density at radius 3 is 2.78 bits per heavy atom. The molecule has 0 aromatic heterocycles. The normalized spacial score (nSPS) is 16.2. The van der Waals surface area contributed by atoms with Crippen molar-refractivity contribution in [3.63, 3.8) is 0 Å². The predicted octanol–water partition coefficient (Wildman–Crippen LogP) is 1.76. The van der Waals surface area contributed by atoms with E-state index in [2.05, 4.69) is 0 Å². The monoisotopic (exact) mass is 251 g/mol. The van der Waals surface area contributed by atoms with Gasteiger partial charge in [-0.15, -0.1) is 0 Å².